The number of likely N-dealkylation sites (tertiary alicyclic amines) is 1. The fraction of sp³-hybridized carbons (Fsp3) is 0.368. The molecule has 1 saturated heterocycles. The number of sulfonamides is 1. The van der Waals surface area contributed by atoms with Crippen LogP contribution in [0.1, 0.15) is 51.3 Å². The Bertz CT molecular complexity index is 2060. The number of nitrogens with one attached hydrogen (secondary N) is 1. The second kappa shape index (κ2) is 15.1. The topological polar surface area (TPSA) is 129 Å². The minimum absolute atomic E-state index is 0.136. The van der Waals surface area contributed by atoms with Gasteiger partial charge < -0.3 is 24.7 Å². The van der Waals surface area contributed by atoms with Crippen LogP contribution in [0.15, 0.2) is 72.8 Å². The number of esters is 1. The number of anilines is 1. The highest BCUT2D eigenvalue weighted by molar-refractivity contribution is 7.91. The van der Waals surface area contributed by atoms with Gasteiger partial charge in [-0.15, -0.1) is 0 Å². The molecule has 3 heterocycles. The van der Waals surface area contributed by atoms with Crippen LogP contribution in [0, 0.1) is 19.8 Å². The molecular formula is C38H45N5O5S. The fourth-order valence-electron chi connectivity index (χ4n) is 6.82. The zero-order valence-corrected chi connectivity index (χ0v) is 29.3. The highest BCUT2D eigenvalue weighted by Gasteiger charge is 2.24. The summed E-state index contributed by atoms with van der Waals surface area (Å²) in [6.45, 7) is 8.10. The summed E-state index contributed by atoms with van der Waals surface area (Å²) in [4.78, 5) is 21.0. The molecule has 5 aromatic rings. The lowest BCUT2D eigenvalue weighted by Gasteiger charge is -2.32. The summed E-state index contributed by atoms with van der Waals surface area (Å²) < 4.78 is 42.9. The third kappa shape index (κ3) is 8.13. The molecule has 1 unspecified atom stereocenters. The van der Waals surface area contributed by atoms with Gasteiger partial charge in [0.1, 0.15) is 11.3 Å². The van der Waals surface area contributed by atoms with Crippen LogP contribution in [-0.2, 0) is 38.3 Å². The number of rotatable bonds is 13. The first-order chi connectivity index (χ1) is 23.6. The maximum absolute atomic E-state index is 13.8. The third-order valence-corrected chi connectivity index (χ3v) is 10.6. The zero-order chi connectivity index (χ0) is 34.5. The molecule has 1 aliphatic heterocycles. The summed E-state index contributed by atoms with van der Waals surface area (Å²) in [6.07, 6.45) is 2.05. The minimum Gasteiger partial charge on any atom is -0.461 e. The lowest BCUT2D eigenvalue weighted by molar-refractivity contribution is 0.0321. The standard InChI is InChI=1S/C38H45N5O5S/c1-26-8-6-9-27(2)35(26)25-49(45,46)41-33-18-29-11-4-5-12-34(29)31(19-33)23-43-36(20-30-13-14-32(21-39)40-37(30)43)38(44)48-24-28-10-7-15-42(22-28)16-17-47-3/h4-6,8-9,11-14,18-20,28,41H,7,10,15-17,21-25,39H2,1-3H3. The number of benzene rings is 3. The van der Waals surface area contributed by atoms with Crippen molar-refractivity contribution in [3.8, 4) is 0 Å². The Labute approximate surface area is 288 Å². The maximum Gasteiger partial charge on any atom is 0.355 e. The van der Waals surface area contributed by atoms with Crippen molar-refractivity contribution in [3.63, 3.8) is 0 Å². The van der Waals surface area contributed by atoms with Crippen molar-refractivity contribution < 1.29 is 22.7 Å². The Morgan fingerprint density at radius 1 is 1.02 bits per heavy atom. The number of carbonyl (C=O) groups is 1. The maximum atomic E-state index is 13.8. The number of ether oxygens (including phenoxy) is 2. The highest BCUT2D eigenvalue weighted by atomic mass is 32.2. The van der Waals surface area contributed by atoms with Gasteiger partial charge in [-0.25, -0.2) is 18.2 Å². The van der Waals surface area contributed by atoms with E-state index in [2.05, 4.69) is 9.62 Å². The minimum atomic E-state index is -3.74. The molecule has 0 spiro atoms. The van der Waals surface area contributed by atoms with Crippen LogP contribution in [-0.4, -0.2) is 68.8 Å². The van der Waals surface area contributed by atoms with E-state index in [-0.39, 0.29) is 24.8 Å². The number of fused-ring (bicyclic) bond motifs is 2. The van der Waals surface area contributed by atoms with Crippen LogP contribution in [0.3, 0.4) is 0 Å². The van der Waals surface area contributed by atoms with Crippen molar-refractivity contribution in [1.29, 1.82) is 0 Å². The van der Waals surface area contributed by atoms with Crippen molar-refractivity contribution in [2.45, 2.75) is 45.5 Å². The molecule has 1 fully saturated rings. The Balaban J connectivity index is 1.32. The molecule has 0 bridgehead atoms. The van der Waals surface area contributed by atoms with E-state index in [1.54, 1.807) is 7.11 Å². The number of pyridine rings is 1. The van der Waals surface area contributed by atoms with Gasteiger partial charge >= 0.3 is 5.97 Å². The van der Waals surface area contributed by atoms with Crippen molar-refractivity contribution in [2.75, 3.05) is 44.7 Å². The van der Waals surface area contributed by atoms with Gasteiger partial charge in [0.2, 0.25) is 10.0 Å². The quantitative estimate of drug-likeness (QED) is 0.150. The average Bonchev–Trinajstić information content (AvgIpc) is 3.45. The molecule has 6 rings (SSSR count). The van der Waals surface area contributed by atoms with Gasteiger partial charge in [0, 0.05) is 43.7 Å². The van der Waals surface area contributed by atoms with Crippen LogP contribution in [0.4, 0.5) is 5.69 Å². The molecule has 0 radical (unpaired) electrons. The first kappa shape index (κ1) is 34.6. The van der Waals surface area contributed by atoms with Gasteiger partial charge in [-0.2, -0.15) is 0 Å². The van der Waals surface area contributed by atoms with E-state index < -0.39 is 16.0 Å². The first-order valence-electron chi connectivity index (χ1n) is 16.8. The van der Waals surface area contributed by atoms with Crippen LogP contribution >= 0.6 is 0 Å². The second-order valence-corrected chi connectivity index (χ2v) is 14.7. The molecule has 1 atom stereocenters. The molecular weight excluding hydrogens is 639 g/mol. The number of methoxy groups -OCH3 is 1. The Morgan fingerprint density at radius 2 is 1.82 bits per heavy atom. The summed E-state index contributed by atoms with van der Waals surface area (Å²) in [5.74, 6) is -0.314. The Hall–Kier alpha value is -4.29. The van der Waals surface area contributed by atoms with Gasteiger partial charge in [-0.3, -0.25) is 4.72 Å². The number of piperidine rings is 1. The number of aryl methyl sites for hydroxylation is 2. The number of nitrogens with zero attached hydrogens (tertiary/aromatic N) is 3. The molecule has 258 valence electrons. The molecule has 0 aliphatic carbocycles. The Morgan fingerprint density at radius 3 is 2.59 bits per heavy atom. The largest absolute Gasteiger partial charge is 0.461 e. The monoisotopic (exact) mass is 683 g/mol. The van der Waals surface area contributed by atoms with E-state index in [4.69, 9.17) is 20.2 Å². The summed E-state index contributed by atoms with van der Waals surface area (Å²) in [7, 11) is -2.03. The molecule has 1 aliphatic rings. The molecule has 0 saturated carbocycles. The zero-order valence-electron chi connectivity index (χ0n) is 28.4. The van der Waals surface area contributed by atoms with E-state index in [0.717, 1.165) is 70.9 Å². The molecule has 0 amide bonds. The van der Waals surface area contributed by atoms with Crippen molar-refractivity contribution >= 4 is 43.5 Å². The molecule has 49 heavy (non-hydrogen) atoms. The summed E-state index contributed by atoms with van der Waals surface area (Å²) in [6, 6.07) is 22.9. The summed E-state index contributed by atoms with van der Waals surface area (Å²) in [5, 5.41) is 2.60. The van der Waals surface area contributed by atoms with E-state index in [1.807, 2.05) is 91.2 Å². The lowest BCUT2D eigenvalue weighted by atomic mass is 9.99. The molecule has 3 aromatic carbocycles. The van der Waals surface area contributed by atoms with Crippen molar-refractivity contribution in [1.82, 2.24) is 14.5 Å². The molecule has 11 heteroatoms. The number of hydrogen-bond acceptors (Lipinski definition) is 8. The van der Waals surface area contributed by atoms with Crippen LogP contribution < -0.4 is 10.5 Å². The van der Waals surface area contributed by atoms with E-state index >= 15 is 0 Å². The normalized spacial score (nSPS) is 15.6. The van der Waals surface area contributed by atoms with E-state index in [1.165, 1.54) is 0 Å². The third-order valence-electron chi connectivity index (χ3n) is 9.41. The smallest absolute Gasteiger partial charge is 0.355 e. The van der Waals surface area contributed by atoms with Crippen molar-refractivity contribution in [3.05, 3.63) is 106 Å². The highest BCUT2D eigenvalue weighted by Crippen LogP contribution is 2.29. The van der Waals surface area contributed by atoms with Crippen LogP contribution in [0.2, 0.25) is 0 Å². The predicted molar refractivity (Wildman–Crippen MR) is 194 cm³/mol. The number of nitrogens with two attached hydrogens (primary N) is 1. The van der Waals surface area contributed by atoms with Crippen LogP contribution in [0.25, 0.3) is 21.8 Å². The number of aromatic nitrogens is 2. The predicted octanol–water partition coefficient (Wildman–Crippen LogP) is 5.77. The van der Waals surface area contributed by atoms with E-state index in [0.29, 0.717) is 35.9 Å². The second-order valence-electron chi connectivity index (χ2n) is 13.0. The van der Waals surface area contributed by atoms with E-state index in [9.17, 15) is 13.2 Å². The molecule has 3 N–H and O–H groups in total. The number of hydrogen-bond donors (Lipinski definition) is 2. The van der Waals surface area contributed by atoms with Gasteiger partial charge in [0.25, 0.3) is 0 Å². The fourth-order valence-corrected chi connectivity index (χ4v) is 8.20. The first-order valence-corrected chi connectivity index (χ1v) is 18.4. The van der Waals surface area contributed by atoms with Gasteiger partial charge in [0.05, 0.1) is 31.2 Å². The molecule has 10 nitrogen and oxygen atoms in total. The van der Waals surface area contributed by atoms with Crippen LogP contribution in [0.5, 0.6) is 0 Å². The van der Waals surface area contributed by atoms with Gasteiger partial charge in [-0.1, -0.05) is 42.5 Å². The summed E-state index contributed by atoms with van der Waals surface area (Å²) in [5.41, 5.74) is 11.6. The number of carbonyl (C=O) groups excluding carboxylic acids is 1. The Kier molecular flexibility index (Phi) is 10.6. The lowest BCUT2D eigenvalue weighted by Crippen LogP contribution is -2.39. The van der Waals surface area contributed by atoms with Gasteiger partial charge in [0.15, 0.2) is 0 Å². The SMILES string of the molecule is COCCN1CCCC(COC(=O)c2cc3ccc(CN)nc3n2Cc2cc(NS(=O)(=O)Cc3c(C)cccc3C)cc3ccccc23)C1. The molecule has 2 aromatic heterocycles. The summed E-state index contributed by atoms with van der Waals surface area (Å²) >= 11 is 0. The van der Waals surface area contributed by atoms with Gasteiger partial charge in [-0.05, 0) is 96.6 Å². The average molecular weight is 684 g/mol. The van der Waals surface area contributed by atoms with Crippen molar-refractivity contribution in [2.24, 2.45) is 11.7 Å².